The van der Waals surface area contributed by atoms with Gasteiger partial charge in [-0.1, -0.05) is 18.2 Å². The Bertz CT molecular complexity index is 1690. The van der Waals surface area contributed by atoms with Gasteiger partial charge in [-0.15, -0.1) is 11.3 Å². The van der Waals surface area contributed by atoms with Crippen LogP contribution in [-0.4, -0.2) is 34.1 Å². The zero-order valence-electron chi connectivity index (χ0n) is 19.7. The van der Waals surface area contributed by atoms with Gasteiger partial charge in [-0.2, -0.15) is 5.10 Å². The van der Waals surface area contributed by atoms with Crippen molar-refractivity contribution in [2.75, 3.05) is 10.0 Å². The van der Waals surface area contributed by atoms with Gasteiger partial charge in [0.25, 0.3) is 15.9 Å². The van der Waals surface area contributed by atoms with Gasteiger partial charge in [0.2, 0.25) is 0 Å². The Morgan fingerprint density at radius 2 is 1.81 bits per heavy atom. The largest absolute Gasteiger partial charge is 0.322 e. The van der Waals surface area contributed by atoms with E-state index in [-0.39, 0.29) is 15.9 Å². The number of amides is 1. The molecule has 0 atom stereocenters. The molecule has 9 nitrogen and oxygen atoms in total. The molecule has 0 bridgehead atoms. The third-order valence-corrected chi connectivity index (χ3v) is 7.98. The van der Waals surface area contributed by atoms with Crippen LogP contribution in [0.5, 0.6) is 0 Å². The summed E-state index contributed by atoms with van der Waals surface area (Å²) >= 11 is 1.19. The number of fused-ring (bicyclic) bond motifs is 1. The molecular formula is C25H22N6O3S2. The number of thiazole rings is 1. The van der Waals surface area contributed by atoms with Gasteiger partial charge < -0.3 is 5.32 Å². The molecule has 0 aliphatic carbocycles. The number of anilines is 2. The lowest BCUT2D eigenvalue weighted by molar-refractivity contribution is 0.102. The smallest absolute Gasteiger partial charge is 0.263 e. The van der Waals surface area contributed by atoms with Crippen LogP contribution in [0.3, 0.4) is 0 Å². The number of carbonyl (C=O) groups excluding carboxylic acids is 1. The maximum Gasteiger partial charge on any atom is 0.263 e. The molecule has 5 rings (SSSR count). The van der Waals surface area contributed by atoms with E-state index in [1.807, 2.05) is 45.2 Å². The third-order valence-electron chi connectivity index (χ3n) is 5.80. The van der Waals surface area contributed by atoms with E-state index in [1.54, 1.807) is 28.3 Å². The number of para-hydroxylation sites is 1. The number of rotatable bonds is 6. The molecule has 0 spiro atoms. The summed E-state index contributed by atoms with van der Waals surface area (Å²) in [7, 11) is -1.91. The summed E-state index contributed by atoms with van der Waals surface area (Å²) in [4.78, 5) is 22.2. The molecule has 0 aliphatic heterocycles. The number of aryl methyl sites for hydroxylation is 2. The van der Waals surface area contributed by atoms with Crippen molar-refractivity contribution >= 4 is 49.0 Å². The van der Waals surface area contributed by atoms with E-state index >= 15 is 0 Å². The van der Waals surface area contributed by atoms with Crippen molar-refractivity contribution < 1.29 is 13.2 Å². The fourth-order valence-corrected chi connectivity index (χ4v) is 5.79. The predicted octanol–water partition coefficient (Wildman–Crippen LogP) is 4.76. The highest BCUT2D eigenvalue weighted by molar-refractivity contribution is 7.93. The van der Waals surface area contributed by atoms with Gasteiger partial charge in [-0.3, -0.25) is 14.2 Å². The lowest BCUT2D eigenvalue weighted by atomic mass is 10.0. The summed E-state index contributed by atoms with van der Waals surface area (Å²) in [5, 5.41) is 10.0. The second-order valence-electron chi connectivity index (χ2n) is 8.16. The average Bonchev–Trinajstić information content (AvgIpc) is 3.45. The van der Waals surface area contributed by atoms with Crippen LogP contribution in [0.25, 0.3) is 22.2 Å². The lowest BCUT2D eigenvalue weighted by Crippen LogP contribution is -2.14. The molecule has 0 saturated carbocycles. The fraction of sp³-hybridized carbons (Fsp3) is 0.120. The molecule has 1 amide bonds. The maximum atomic E-state index is 13.4. The van der Waals surface area contributed by atoms with Gasteiger partial charge in [0.15, 0.2) is 5.13 Å². The quantitative estimate of drug-likeness (QED) is 0.334. The van der Waals surface area contributed by atoms with E-state index in [1.165, 1.54) is 29.7 Å². The molecule has 36 heavy (non-hydrogen) atoms. The number of aromatic nitrogens is 4. The van der Waals surface area contributed by atoms with E-state index in [4.69, 9.17) is 4.98 Å². The number of benzene rings is 2. The Morgan fingerprint density at radius 3 is 2.47 bits per heavy atom. The zero-order valence-corrected chi connectivity index (χ0v) is 21.3. The van der Waals surface area contributed by atoms with Crippen molar-refractivity contribution in [3.63, 3.8) is 0 Å². The monoisotopic (exact) mass is 518 g/mol. The third kappa shape index (κ3) is 4.45. The summed E-state index contributed by atoms with van der Waals surface area (Å²) in [6.45, 7) is 3.88. The van der Waals surface area contributed by atoms with Crippen LogP contribution < -0.4 is 10.0 Å². The van der Waals surface area contributed by atoms with Crippen LogP contribution in [0.1, 0.15) is 21.7 Å². The molecule has 5 aromatic rings. The minimum absolute atomic E-state index is 0.0647. The number of nitrogens with one attached hydrogen (secondary N) is 2. The molecule has 3 heterocycles. The van der Waals surface area contributed by atoms with Gasteiger partial charge in [-0.25, -0.2) is 18.4 Å². The first-order valence-electron chi connectivity index (χ1n) is 11.0. The SMILES string of the molecule is Cc1nn(C)c(C)c1-c1cc(C(=O)Nc2ccc(S(=O)(=O)Nc3nccs3)cc2)c2ccccc2n1. The molecule has 3 aromatic heterocycles. The van der Waals surface area contributed by atoms with Crippen LogP contribution in [0.15, 0.2) is 71.1 Å². The van der Waals surface area contributed by atoms with Crippen molar-refractivity contribution in [2.45, 2.75) is 18.7 Å². The normalized spacial score (nSPS) is 11.5. The van der Waals surface area contributed by atoms with Crippen LogP contribution in [-0.2, 0) is 17.1 Å². The standard InChI is InChI=1S/C25H22N6O3S2/c1-15-23(16(2)31(3)29-15)22-14-20(19-6-4-5-7-21(19)28-22)24(32)27-17-8-10-18(11-9-17)36(33,34)30-25-26-12-13-35-25/h4-14H,1-3H3,(H,26,30)(H,27,32). The van der Waals surface area contributed by atoms with Crippen LogP contribution in [0.4, 0.5) is 10.8 Å². The first-order chi connectivity index (χ1) is 17.2. The van der Waals surface area contributed by atoms with E-state index in [0.717, 1.165) is 17.0 Å². The molecule has 2 aromatic carbocycles. The first-order valence-corrected chi connectivity index (χ1v) is 13.3. The van der Waals surface area contributed by atoms with Crippen molar-refractivity contribution in [3.05, 3.63) is 83.1 Å². The topological polar surface area (TPSA) is 119 Å². The van der Waals surface area contributed by atoms with Crippen LogP contribution >= 0.6 is 11.3 Å². The highest BCUT2D eigenvalue weighted by atomic mass is 32.2. The van der Waals surface area contributed by atoms with Crippen LogP contribution in [0, 0.1) is 13.8 Å². The van der Waals surface area contributed by atoms with Crippen molar-refractivity contribution in [2.24, 2.45) is 7.05 Å². The Morgan fingerprint density at radius 1 is 1.06 bits per heavy atom. The number of pyridine rings is 1. The van der Waals surface area contributed by atoms with Crippen molar-refractivity contribution in [1.29, 1.82) is 0 Å². The Labute approximate surface area is 211 Å². The molecule has 11 heteroatoms. The highest BCUT2D eigenvalue weighted by Gasteiger charge is 2.19. The van der Waals surface area contributed by atoms with E-state index in [2.05, 4.69) is 20.1 Å². The second-order valence-corrected chi connectivity index (χ2v) is 10.7. The number of sulfonamides is 1. The number of nitrogens with zero attached hydrogens (tertiary/aromatic N) is 4. The summed E-state index contributed by atoms with van der Waals surface area (Å²) in [5.74, 6) is -0.328. The molecule has 0 unspecified atom stereocenters. The second kappa shape index (κ2) is 9.17. The molecule has 0 fully saturated rings. The maximum absolute atomic E-state index is 13.4. The Balaban J connectivity index is 1.46. The summed E-state index contributed by atoms with van der Waals surface area (Å²) in [6.07, 6.45) is 1.52. The molecule has 0 aliphatic rings. The van der Waals surface area contributed by atoms with Gasteiger partial charge in [0.05, 0.1) is 27.4 Å². The predicted molar refractivity (Wildman–Crippen MR) is 141 cm³/mol. The first kappa shape index (κ1) is 23.6. The Hall–Kier alpha value is -4.09. The lowest BCUT2D eigenvalue weighted by Gasteiger charge is -2.12. The molecule has 0 radical (unpaired) electrons. The minimum Gasteiger partial charge on any atom is -0.322 e. The number of hydrogen-bond donors (Lipinski definition) is 2. The fourth-order valence-electron chi connectivity index (χ4n) is 4.00. The number of carbonyl (C=O) groups is 1. The van der Waals surface area contributed by atoms with Gasteiger partial charge in [-0.05, 0) is 50.2 Å². The minimum atomic E-state index is -3.78. The molecular weight excluding hydrogens is 496 g/mol. The van der Waals surface area contributed by atoms with E-state index in [0.29, 0.717) is 27.8 Å². The Kier molecular flexibility index (Phi) is 6.02. The summed E-state index contributed by atoms with van der Waals surface area (Å²) < 4.78 is 29.4. The molecule has 182 valence electrons. The van der Waals surface area contributed by atoms with Crippen LogP contribution in [0.2, 0.25) is 0 Å². The van der Waals surface area contributed by atoms with Gasteiger partial charge >= 0.3 is 0 Å². The summed E-state index contributed by atoms with van der Waals surface area (Å²) in [6, 6.07) is 15.2. The van der Waals surface area contributed by atoms with Crippen molar-refractivity contribution in [3.8, 4) is 11.3 Å². The van der Waals surface area contributed by atoms with Crippen molar-refractivity contribution in [1.82, 2.24) is 19.7 Å². The van der Waals surface area contributed by atoms with E-state index in [9.17, 15) is 13.2 Å². The summed E-state index contributed by atoms with van der Waals surface area (Å²) in [5.41, 5.74) is 4.94. The van der Waals surface area contributed by atoms with Gasteiger partial charge in [0.1, 0.15) is 0 Å². The molecule has 2 N–H and O–H groups in total. The zero-order chi connectivity index (χ0) is 25.4. The van der Waals surface area contributed by atoms with E-state index < -0.39 is 10.0 Å². The molecule has 0 saturated heterocycles. The number of hydrogen-bond acceptors (Lipinski definition) is 7. The van der Waals surface area contributed by atoms with Gasteiger partial charge in [0, 0.05) is 41.0 Å². The average molecular weight is 519 g/mol. The highest BCUT2D eigenvalue weighted by Crippen LogP contribution is 2.30.